The number of nitrogens with two attached hydrogens (primary N) is 1. The van der Waals surface area contributed by atoms with Crippen LogP contribution in [-0.2, 0) is 0 Å². The lowest BCUT2D eigenvalue weighted by molar-refractivity contribution is 0.102. The van der Waals surface area contributed by atoms with Gasteiger partial charge in [0.2, 0.25) is 0 Å². The molecule has 2 rings (SSSR count). The minimum atomic E-state index is -0.671. The van der Waals surface area contributed by atoms with Gasteiger partial charge in [0.05, 0.1) is 0 Å². The molecule has 0 aliphatic heterocycles. The van der Waals surface area contributed by atoms with Crippen LogP contribution in [0.5, 0.6) is 0 Å². The van der Waals surface area contributed by atoms with Gasteiger partial charge in [-0.3, -0.25) is 4.79 Å². The number of urea groups is 1. The Morgan fingerprint density at radius 3 is 2.30 bits per heavy atom. The molecule has 3 amide bonds. The Morgan fingerprint density at radius 1 is 0.950 bits per heavy atom. The molecule has 0 bridgehead atoms. The van der Waals surface area contributed by atoms with Crippen molar-refractivity contribution in [1.82, 2.24) is 0 Å². The van der Waals surface area contributed by atoms with Crippen molar-refractivity contribution < 1.29 is 9.59 Å². The first-order valence-electron chi connectivity index (χ1n) is 5.78. The lowest BCUT2D eigenvalue weighted by atomic mass is 10.2. The second kappa shape index (κ2) is 6.21. The van der Waals surface area contributed by atoms with Gasteiger partial charge in [-0.2, -0.15) is 0 Å². The number of rotatable bonds is 3. The molecule has 2 aromatic carbocycles. The molecule has 0 spiro atoms. The molecule has 0 aromatic heterocycles. The number of carbonyl (C=O) groups is 2. The van der Waals surface area contributed by atoms with Crippen LogP contribution >= 0.6 is 15.9 Å². The number of amides is 3. The summed E-state index contributed by atoms with van der Waals surface area (Å²) in [4.78, 5) is 22.8. The Kier molecular flexibility index (Phi) is 4.37. The highest BCUT2D eigenvalue weighted by Gasteiger charge is 2.07. The number of anilines is 2. The smallest absolute Gasteiger partial charge is 0.316 e. The van der Waals surface area contributed by atoms with E-state index in [9.17, 15) is 9.59 Å². The van der Waals surface area contributed by atoms with Gasteiger partial charge in [-0.15, -0.1) is 0 Å². The third-order valence-corrected chi connectivity index (χ3v) is 3.02. The first-order valence-corrected chi connectivity index (χ1v) is 6.57. The van der Waals surface area contributed by atoms with Crippen LogP contribution in [0.3, 0.4) is 0 Å². The third kappa shape index (κ3) is 3.83. The first kappa shape index (κ1) is 14.1. The van der Waals surface area contributed by atoms with Crippen molar-refractivity contribution in [3.05, 3.63) is 58.6 Å². The number of halogens is 1. The van der Waals surface area contributed by atoms with Gasteiger partial charge in [-0.05, 0) is 42.5 Å². The summed E-state index contributed by atoms with van der Waals surface area (Å²) < 4.78 is 0.933. The lowest BCUT2D eigenvalue weighted by Gasteiger charge is -2.07. The maximum Gasteiger partial charge on any atom is 0.316 e. The number of primary amides is 1. The molecule has 0 saturated heterocycles. The minimum Gasteiger partial charge on any atom is -0.351 e. The van der Waals surface area contributed by atoms with Crippen molar-refractivity contribution in [3.8, 4) is 0 Å². The van der Waals surface area contributed by atoms with E-state index >= 15 is 0 Å². The number of benzene rings is 2. The second-order valence-electron chi connectivity index (χ2n) is 4.03. The Labute approximate surface area is 124 Å². The largest absolute Gasteiger partial charge is 0.351 e. The number of carbonyl (C=O) groups excluding carboxylic acids is 2. The van der Waals surface area contributed by atoms with E-state index in [0.717, 1.165) is 4.47 Å². The van der Waals surface area contributed by atoms with E-state index in [4.69, 9.17) is 5.73 Å². The standard InChI is InChI=1S/C14H12BrN3O2/c15-10-4-6-11(7-5-10)17-13(19)9-2-1-3-12(8-9)18-14(16)20/h1-8H,(H,17,19)(H3,16,18,20). The van der Waals surface area contributed by atoms with Crippen LogP contribution in [0.1, 0.15) is 10.4 Å². The third-order valence-electron chi connectivity index (χ3n) is 2.49. The number of hydrogen-bond donors (Lipinski definition) is 3. The fraction of sp³-hybridized carbons (Fsp3) is 0. The maximum absolute atomic E-state index is 12.1. The zero-order valence-corrected chi connectivity index (χ0v) is 12.0. The molecular formula is C14H12BrN3O2. The summed E-state index contributed by atoms with van der Waals surface area (Å²) in [5, 5.41) is 5.19. The van der Waals surface area contributed by atoms with Gasteiger partial charge in [0.15, 0.2) is 0 Å². The van der Waals surface area contributed by atoms with E-state index in [1.807, 2.05) is 12.1 Å². The predicted molar refractivity (Wildman–Crippen MR) is 81.7 cm³/mol. The zero-order valence-electron chi connectivity index (χ0n) is 10.4. The normalized spacial score (nSPS) is 9.85. The highest BCUT2D eigenvalue weighted by atomic mass is 79.9. The SMILES string of the molecule is NC(=O)Nc1cccc(C(=O)Nc2ccc(Br)cc2)c1. The summed E-state index contributed by atoms with van der Waals surface area (Å²) in [6.45, 7) is 0. The van der Waals surface area contributed by atoms with Crippen molar-refractivity contribution in [2.24, 2.45) is 5.73 Å². The first-order chi connectivity index (χ1) is 9.54. The summed E-state index contributed by atoms with van der Waals surface area (Å²) >= 11 is 3.32. The molecule has 0 heterocycles. The molecule has 4 N–H and O–H groups in total. The van der Waals surface area contributed by atoms with E-state index in [2.05, 4.69) is 26.6 Å². The van der Waals surface area contributed by atoms with Crippen LogP contribution < -0.4 is 16.4 Å². The molecule has 5 nitrogen and oxygen atoms in total. The zero-order chi connectivity index (χ0) is 14.5. The van der Waals surface area contributed by atoms with Crippen molar-refractivity contribution in [2.45, 2.75) is 0 Å². The molecule has 0 fully saturated rings. The van der Waals surface area contributed by atoms with Crippen LogP contribution in [-0.4, -0.2) is 11.9 Å². The van der Waals surface area contributed by atoms with Gasteiger partial charge >= 0.3 is 6.03 Å². The van der Waals surface area contributed by atoms with Gasteiger partial charge in [0, 0.05) is 21.4 Å². The second-order valence-corrected chi connectivity index (χ2v) is 4.95. The minimum absolute atomic E-state index is 0.263. The average molecular weight is 334 g/mol. The fourth-order valence-electron chi connectivity index (χ4n) is 1.62. The van der Waals surface area contributed by atoms with Crippen LogP contribution in [0, 0.1) is 0 Å². The van der Waals surface area contributed by atoms with E-state index < -0.39 is 6.03 Å². The fourth-order valence-corrected chi connectivity index (χ4v) is 1.88. The molecule has 0 aliphatic carbocycles. The maximum atomic E-state index is 12.1. The highest BCUT2D eigenvalue weighted by Crippen LogP contribution is 2.16. The summed E-state index contributed by atoms with van der Waals surface area (Å²) in [7, 11) is 0. The van der Waals surface area contributed by atoms with Crippen LogP contribution in [0.2, 0.25) is 0 Å². The topological polar surface area (TPSA) is 84.2 Å². The molecule has 0 saturated carbocycles. The Bertz CT molecular complexity index is 641. The summed E-state index contributed by atoms with van der Waals surface area (Å²) in [6, 6.07) is 13.1. The van der Waals surface area contributed by atoms with Gasteiger partial charge in [-0.1, -0.05) is 22.0 Å². The molecule has 102 valence electrons. The average Bonchev–Trinajstić information content (AvgIpc) is 2.41. The number of nitrogens with one attached hydrogen (secondary N) is 2. The molecule has 0 unspecified atom stereocenters. The monoisotopic (exact) mass is 333 g/mol. The molecule has 0 atom stereocenters. The van der Waals surface area contributed by atoms with Crippen molar-refractivity contribution >= 4 is 39.2 Å². The van der Waals surface area contributed by atoms with E-state index in [0.29, 0.717) is 16.9 Å². The quantitative estimate of drug-likeness (QED) is 0.805. The van der Waals surface area contributed by atoms with Crippen molar-refractivity contribution in [3.63, 3.8) is 0 Å². The number of hydrogen-bond acceptors (Lipinski definition) is 2. The van der Waals surface area contributed by atoms with E-state index in [-0.39, 0.29) is 5.91 Å². The highest BCUT2D eigenvalue weighted by molar-refractivity contribution is 9.10. The molecule has 0 radical (unpaired) electrons. The van der Waals surface area contributed by atoms with Gasteiger partial charge in [0.1, 0.15) is 0 Å². The van der Waals surface area contributed by atoms with Crippen LogP contribution in [0.4, 0.5) is 16.2 Å². The van der Waals surface area contributed by atoms with Crippen molar-refractivity contribution in [2.75, 3.05) is 10.6 Å². The van der Waals surface area contributed by atoms with Gasteiger partial charge in [-0.25, -0.2) is 4.79 Å². The molecule has 6 heteroatoms. The Hall–Kier alpha value is -2.34. The summed E-state index contributed by atoms with van der Waals surface area (Å²) in [5.41, 5.74) is 6.62. The molecular weight excluding hydrogens is 322 g/mol. The summed E-state index contributed by atoms with van der Waals surface area (Å²) in [6.07, 6.45) is 0. The van der Waals surface area contributed by atoms with Crippen LogP contribution in [0.25, 0.3) is 0 Å². The molecule has 0 aliphatic rings. The lowest BCUT2D eigenvalue weighted by Crippen LogP contribution is -2.19. The Morgan fingerprint density at radius 2 is 1.65 bits per heavy atom. The summed E-state index contributed by atoms with van der Waals surface area (Å²) in [5.74, 6) is -0.263. The van der Waals surface area contributed by atoms with Crippen LogP contribution in [0.15, 0.2) is 53.0 Å². The van der Waals surface area contributed by atoms with E-state index in [1.54, 1.807) is 36.4 Å². The predicted octanol–water partition coefficient (Wildman–Crippen LogP) is 3.19. The Balaban J connectivity index is 2.12. The van der Waals surface area contributed by atoms with E-state index in [1.165, 1.54) is 0 Å². The van der Waals surface area contributed by atoms with Crippen molar-refractivity contribution in [1.29, 1.82) is 0 Å². The molecule has 2 aromatic rings. The molecule has 20 heavy (non-hydrogen) atoms. The van der Waals surface area contributed by atoms with Gasteiger partial charge in [0.25, 0.3) is 5.91 Å². The van der Waals surface area contributed by atoms with Gasteiger partial charge < -0.3 is 16.4 Å².